The van der Waals surface area contributed by atoms with Crippen molar-refractivity contribution >= 4 is 5.91 Å². The van der Waals surface area contributed by atoms with Crippen molar-refractivity contribution in [2.75, 3.05) is 13.1 Å². The summed E-state index contributed by atoms with van der Waals surface area (Å²) < 4.78 is 2.05. The molecule has 0 radical (unpaired) electrons. The van der Waals surface area contributed by atoms with Gasteiger partial charge < -0.3 is 4.90 Å². The molecular weight excluding hydrogens is 350 g/mol. The summed E-state index contributed by atoms with van der Waals surface area (Å²) in [6, 6.07) is 15.4. The first-order chi connectivity index (χ1) is 13.5. The van der Waals surface area contributed by atoms with Crippen molar-refractivity contribution in [3.63, 3.8) is 0 Å². The topological polar surface area (TPSA) is 74.8 Å². The van der Waals surface area contributed by atoms with E-state index in [1.807, 2.05) is 52.9 Å². The number of pyridine rings is 1. The van der Waals surface area contributed by atoms with Gasteiger partial charge in [0.2, 0.25) is 0 Å². The smallest absolute Gasteiger partial charge is 0.253 e. The van der Waals surface area contributed by atoms with E-state index in [1.54, 1.807) is 12.3 Å². The van der Waals surface area contributed by atoms with Crippen LogP contribution < -0.4 is 0 Å². The van der Waals surface area contributed by atoms with Gasteiger partial charge in [0.25, 0.3) is 5.91 Å². The average molecular weight is 371 g/mol. The van der Waals surface area contributed by atoms with Crippen LogP contribution in [-0.2, 0) is 0 Å². The van der Waals surface area contributed by atoms with Crippen LogP contribution in [0, 0.1) is 25.2 Å². The van der Waals surface area contributed by atoms with Gasteiger partial charge in [0.15, 0.2) is 0 Å². The van der Waals surface area contributed by atoms with Crippen molar-refractivity contribution in [3.8, 4) is 17.2 Å². The number of aryl methyl sites for hydroxylation is 2. The van der Waals surface area contributed by atoms with Crippen LogP contribution in [0.15, 0.2) is 48.7 Å². The van der Waals surface area contributed by atoms with Gasteiger partial charge in [-0.2, -0.15) is 10.4 Å². The molecule has 3 heterocycles. The van der Waals surface area contributed by atoms with E-state index in [1.165, 1.54) is 0 Å². The van der Waals surface area contributed by atoms with Gasteiger partial charge >= 0.3 is 0 Å². The lowest BCUT2D eigenvalue weighted by atomic mass is 10.0. The molecule has 0 aliphatic carbocycles. The molecule has 1 atom stereocenters. The summed E-state index contributed by atoms with van der Waals surface area (Å²) in [7, 11) is 0. The first kappa shape index (κ1) is 17.9. The first-order valence-corrected chi connectivity index (χ1v) is 9.34. The van der Waals surface area contributed by atoms with Crippen LogP contribution in [0.5, 0.6) is 0 Å². The molecule has 1 fully saturated rings. The van der Waals surface area contributed by atoms with Crippen LogP contribution in [-0.4, -0.2) is 38.7 Å². The predicted molar refractivity (Wildman–Crippen MR) is 106 cm³/mol. The van der Waals surface area contributed by atoms with E-state index in [9.17, 15) is 4.79 Å². The second-order valence-corrected chi connectivity index (χ2v) is 7.19. The van der Waals surface area contributed by atoms with Crippen molar-refractivity contribution in [2.24, 2.45) is 0 Å². The number of aromatic nitrogens is 3. The second-order valence-electron chi connectivity index (χ2n) is 7.19. The maximum Gasteiger partial charge on any atom is 0.253 e. The monoisotopic (exact) mass is 371 g/mol. The van der Waals surface area contributed by atoms with Crippen molar-refractivity contribution in [1.82, 2.24) is 19.7 Å². The Bertz CT molecular complexity index is 1040. The number of hydrogen-bond acceptors (Lipinski definition) is 4. The number of hydrogen-bond donors (Lipinski definition) is 0. The Morgan fingerprint density at radius 3 is 2.50 bits per heavy atom. The lowest BCUT2D eigenvalue weighted by molar-refractivity contribution is 0.0787. The van der Waals surface area contributed by atoms with Gasteiger partial charge in [-0.3, -0.25) is 9.48 Å². The number of rotatable bonds is 3. The SMILES string of the molecule is Cc1cc(C)n([C@@H]2CCN(C(=O)c3ccc(-c4ccc(C#N)nc4)cc3)C2)n1. The van der Waals surface area contributed by atoms with Gasteiger partial charge in [0, 0.05) is 36.1 Å². The third kappa shape index (κ3) is 3.39. The fourth-order valence-corrected chi connectivity index (χ4v) is 3.76. The molecule has 0 unspecified atom stereocenters. The minimum Gasteiger partial charge on any atom is -0.336 e. The Kier molecular flexibility index (Phi) is 4.66. The fraction of sp³-hybridized carbons (Fsp3) is 0.273. The Labute approximate surface area is 164 Å². The van der Waals surface area contributed by atoms with Gasteiger partial charge in [-0.15, -0.1) is 0 Å². The second kappa shape index (κ2) is 7.28. The summed E-state index contributed by atoms with van der Waals surface area (Å²) in [5.41, 5.74) is 5.10. The molecule has 4 rings (SSSR count). The fourth-order valence-electron chi connectivity index (χ4n) is 3.76. The molecule has 1 aromatic carbocycles. The molecule has 0 spiro atoms. The minimum atomic E-state index is 0.0496. The number of amides is 1. The number of carbonyl (C=O) groups excluding carboxylic acids is 1. The summed E-state index contributed by atoms with van der Waals surface area (Å²) in [5, 5.41) is 13.4. The van der Waals surface area contributed by atoms with Crippen LogP contribution in [0.1, 0.15) is 39.9 Å². The van der Waals surface area contributed by atoms with Crippen molar-refractivity contribution in [1.29, 1.82) is 5.26 Å². The number of benzene rings is 1. The first-order valence-electron chi connectivity index (χ1n) is 9.34. The Morgan fingerprint density at radius 2 is 1.89 bits per heavy atom. The number of carbonyl (C=O) groups is 1. The highest BCUT2D eigenvalue weighted by molar-refractivity contribution is 5.95. The van der Waals surface area contributed by atoms with Crippen LogP contribution in [0.2, 0.25) is 0 Å². The van der Waals surface area contributed by atoms with Crippen LogP contribution in [0.4, 0.5) is 0 Å². The van der Waals surface area contributed by atoms with Crippen molar-refractivity contribution in [3.05, 3.63) is 71.3 Å². The zero-order valence-corrected chi connectivity index (χ0v) is 16.0. The highest BCUT2D eigenvalue weighted by atomic mass is 16.2. The molecule has 1 amide bonds. The molecule has 1 saturated heterocycles. The van der Waals surface area contributed by atoms with E-state index in [-0.39, 0.29) is 11.9 Å². The quantitative estimate of drug-likeness (QED) is 0.706. The Morgan fingerprint density at radius 1 is 1.14 bits per heavy atom. The van der Waals surface area contributed by atoms with Crippen LogP contribution in [0.3, 0.4) is 0 Å². The van der Waals surface area contributed by atoms with Gasteiger partial charge in [-0.25, -0.2) is 4.98 Å². The maximum atomic E-state index is 12.9. The third-order valence-electron chi connectivity index (χ3n) is 5.18. The summed E-state index contributed by atoms with van der Waals surface area (Å²) in [6.45, 7) is 5.47. The molecule has 0 saturated carbocycles. The zero-order chi connectivity index (χ0) is 19.7. The Balaban J connectivity index is 1.46. The van der Waals surface area contributed by atoms with Crippen molar-refractivity contribution in [2.45, 2.75) is 26.3 Å². The predicted octanol–water partition coefficient (Wildman–Crippen LogP) is 3.52. The van der Waals surface area contributed by atoms with Gasteiger partial charge in [-0.1, -0.05) is 12.1 Å². The molecule has 6 nitrogen and oxygen atoms in total. The molecule has 28 heavy (non-hydrogen) atoms. The standard InChI is InChI=1S/C22H21N5O/c1-15-11-16(2)27(25-15)21-9-10-26(14-21)22(28)18-5-3-17(4-6-18)19-7-8-20(12-23)24-13-19/h3-8,11,13,21H,9-10,14H2,1-2H3/t21-/m1/s1. The molecule has 3 aromatic rings. The molecule has 2 aromatic heterocycles. The van der Waals surface area contributed by atoms with Crippen molar-refractivity contribution < 1.29 is 4.79 Å². The van der Waals surface area contributed by atoms with E-state index in [0.717, 1.165) is 35.5 Å². The molecule has 140 valence electrons. The van der Waals surface area contributed by atoms with Gasteiger partial charge in [-0.05, 0) is 56.2 Å². The lowest BCUT2D eigenvalue weighted by Gasteiger charge is -2.17. The van der Waals surface area contributed by atoms with Gasteiger partial charge in [0.05, 0.1) is 11.7 Å². The van der Waals surface area contributed by atoms with E-state index in [0.29, 0.717) is 17.8 Å². The van der Waals surface area contributed by atoms with E-state index >= 15 is 0 Å². The highest BCUT2D eigenvalue weighted by Crippen LogP contribution is 2.25. The normalized spacial score (nSPS) is 16.2. The summed E-state index contributed by atoms with van der Waals surface area (Å²) in [5.74, 6) is 0.0496. The van der Waals surface area contributed by atoms with E-state index in [2.05, 4.69) is 23.1 Å². The summed E-state index contributed by atoms with van der Waals surface area (Å²) >= 11 is 0. The summed E-state index contributed by atoms with van der Waals surface area (Å²) in [4.78, 5) is 18.9. The van der Waals surface area contributed by atoms with Crippen LogP contribution in [0.25, 0.3) is 11.1 Å². The van der Waals surface area contributed by atoms with Gasteiger partial charge in [0.1, 0.15) is 11.8 Å². The van der Waals surface area contributed by atoms with E-state index in [4.69, 9.17) is 5.26 Å². The summed E-state index contributed by atoms with van der Waals surface area (Å²) in [6.07, 6.45) is 2.59. The third-order valence-corrected chi connectivity index (χ3v) is 5.18. The number of nitriles is 1. The highest BCUT2D eigenvalue weighted by Gasteiger charge is 2.29. The van der Waals surface area contributed by atoms with E-state index < -0.39 is 0 Å². The molecular formula is C22H21N5O. The molecule has 0 N–H and O–H groups in total. The zero-order valence-electron chi connectivity index (χ0n) is 16.0. The van der Waals surface area contributed by atoms with Crippen LogP contribution >= 0.6 is 0 Å². The molecule has 0 bridgehead atoms. The number of nitrogens with zero attached hydrogens (tertiary/aromatic N) is 5. The number of likely N-dealkylation sites (tertiary alicyclic amines) is 1. The average Bonchev–Trinajstić information content (AvgIpc) is 3.33. The largest absolute Gasteiger partial charge is 0.336 e. The molecule has 1 aliphatic rings. The minimum absolute atomic E-state index is 0.0496. The maximum absolute atomic E-state index is 12.9. The molecule has 1 aliphatic heterocycles. The molecule has 6 heteroatoms. The lowest BCUT2D eigenvalue weighted by Crippen LogP contribution is -2.29. The Hall–Kier alpha value is -3.46.